The van der Waals surface area contributed by atoms with E-state index in [1.807, 2.05) is 18.7 Å². The van der Waals surface area contributed by atoms with E-state index in [0.717, 1.165) is 6.54 Å². The number of amides is 1. The van der Waals surface area contributed by atoms with Crippen molar-refractivity contribution in [3.05, 3.63) is 0 Å². The number of hydrogen-bond acceptors (Lipinski definition) is 3. The SMILES string of the molecule is CCN(CC(N)=S)C(C)C(=O)NC. The second-order valence-corrected chi connectivity index (χ2v) is 3.34. The van der Waals surface area contributed by atoms with Gasteiger partial charge in [-0.2, -0.15) is 0 Å². The number of carbonyl (C=O) groups is 1. The molecule has 76 valence electrons. The van der Waals surface area contributed by atoms with E-state index in [1.54, 1.807) is 7.05 Å². The maximum atomic E-state index is 11.3. The highest BCUT2D eigenvalue weighted by atomic mass is 32.1. The molecule has 5 heteroatoms. The van der Waals surface area contributed by atoms with Gasteiger partial charge in [-0.1, -0.05) is 19.1 Å². The minimum Gasteiger partial charge on any atom is -0.392 e. The number of likely N-dealkylation sites (N-methyl/N-ethyl adjacent to an activating group) is 2. The Hall–Kier alpha value is -0.680. The van der Waals surface area contributed by atoms with Gasteiger partial charge < -0.3 is 11.1 Å². The van der Waals surface area contributed by atoms with E-state index in [0.29, 0.717) is 11.5 Å². The Bertz CT molecular complexity index is 196. The molecule has 3 N–H and O–H groups in total. The molecule has 0 heterocycles. The molecule has 13 heavy (non-hydrogen) atoms. The van der Waals surface area contributed by atoms with Crippen molar-refractivity contribution in [3.63, 3.8) is 0 Å². The highest BCUT2D eigenvalue weighted by Crippen LogP contribution is 1.98. The van der Waals surface area contributed by atoms with E-state index in [9.17, 15) is 4.79 Å². The van der Waals surface area contributed by atoms with Gasteiger partial charge in [0.1, 0.15) is 0 Å². The lowest BCUT2D eigenvalue weighted by atomic mass is 10.2. The van der Waals surface area contributed by atoms with Crippen molar-refractivity contribution in [3.8, 4) is 0 Å². The highest BCUT2D eigenvalue weighted by Gasteiger charge is 2.18. The van der Waals surface area contributed by atoms with Gasteiger partial charge in [0.05, 0.1) is 11.0 Å². The lowest BCUT2D eigenvalue weighted by molar-refractivity contribution is -0.125. The fraction of sp³-hybridized carbons (Fsp3) is 0.750. The maximum absolute atomic E-state index is 11.3. The summed E-state index contributed by atoms with van der Waals surface area (Å²) in [4.78, 5) is 13.6. The maximum Gasteiger partial charge on any atom is 0.236 e. The van der Waals surface area contributed by atoms with Crippen LogP contribution < -0.4 is 11.1 Å². The molecule has 1 amide bonds. The predicted octanol–water partition coefficient (Wildman–Crippen LogP) is -0.271. The summed E-state index contributed by atoms with van der Waals surface area (Å²) in [5.41, 5.74) is 5.41. The second-order valence-electron chi connectivity index (χ2n) is 2.82. The average Bonchev–Trinajstić information content (AvgIpc) is 2.11. The van der Waals surface area contributed by atoms with Crippen molar-refractivity contribution < 1.29 is 4.79 Å². The van der Waals surface area contributed by atoms with Crippen molar-refractivity contribution in [2.75, 3.05) is 20.1 Å². The van der Waals surface area contributed by atoms with Crippen molar-refractivity contribution in [1.29, 1.82) is 0 Å². The molecule has 0 saturated carbocycles. The Balaban J connectivity index is 4.22. The number of nitrogens with one attached hydrogen (secondary N) is 1. The molecular weight excluding hydrogens is 186 g/mol. The summed E-state index contributed by atoms with van der Waals surface area (Å²) in [7, 11) is 1.62. The van der Waals surface area contributed by atoms with Crippen LogP contribution in [0.15, 0.2) is 0 Å². The first-order valence-corrected chi connectivity index (χ1v) is 4.67. The van der Waals surface area contributed by atoms with Crippen molar-refractivity contribution in [2.24, 2.45) is 5.73 Å². The fourth-order valence-electron chi connectivity index (χ4n) is 1.10. The van der Waals surface area contributed by atoms with Gasteiger partial charge in [-0.15, -0.1) is 0 Å². The van der Waals surface area contributed by atoms with E-state index in [4.69, 9.17) is 18.0 Å². The summed E-state index contributed by atoms with van der Waals surface area (Å²) in [5, 5.41) is 2.59. The zero-order chi connectivity index (χ0) is 10.4. The normalized spacial score (nSPS) is 12.6. The molecule has 0 rings (SSSR count). The number of rotatable bonds is 5. The molecule has 0 bridgehead atoms. The first-order valence-electron chi connectivity index (χ1n) is 4.26. The van der Waals surface area contributed by atoms with Gasteiger partial charge >= 0.3 is 0 Å². The number of hydrogen-bond donors (Lipinski definition) is 2. The van der Waals surface area contributed by atoms with Crippen LogP contribution in [-0.2, 0) is 4.79 Å². The first kappa shape index (κ1) is 12.3. The Morgan fingerprint density at radius 1 is 1.69 bits per heavy atom. The van der Waals surface area contributed by atoms with Gasteiger partial charge in [0, 0.05) is 13.6 Å². The van der Waals surface area contributed by atoms with E-state index in [1.165, 1.54) is 0 Å². The topological polar surface area (TPSA) is 58.4 Å². The van der Waals surface area contributed by atoms with Crippen LogP contribution in [-0.4, -0.2) is 42.0 Å². The van der Waals surface area contributed by atoms with Crippen LogP contribution in [0.3, 0.4) is 0 Å². The van der Waals surface area contributed by atoms with Crippen molar-refractivity contribution in [2.45, 2.75) is 19.9 Å². The molecule has 0 radical (unpaired) electrons. The summed E-state index contributed by atoms with van der Waals surface area (Å²) in [6.45, 7) is 5.05. The van der Waals surface area contributed by atoms with Gasteiger partial charge in [0.25, 0.3) is 0 Å². The molecule has 0 aliphatic carbocycles. The largest absolute Gasteiger partial charge is 0.392 e. The molecule has 4 nitrogen and oxygen atoms in total. The van der Waals surface area contributed by atoms with Crippen LogP contribution in [0.5, 0.6) is 0 Å². The summed E-state index contributed by atoms with van der Waals surface area (Å²) in [6, 6.07) is -0.184. The summed E-state index contributed by atoms with van der Waals surface area (Å²) in [5.74, 6) is -0.0156. The second kappa shape index (κ2) is 5.88. The zero-order valence-electron chi connectivity index (χ0n) is 8.33. The number of thiocarbonyl (C=S) groups is 1. The molecule has 0 aliphatic rings. The van der Waals surface area contributed by atoms with E-state index < -0.39 is 0 Å². The third kappa shape index (κ3) is 4.19. The Kier molecular flexibility index (Phi) is 5.57. The minimum absolute atomic E-state index is 0.0156. The lowest BCUT2D eigenvalue weighted by Crippen LogP contribution is -2.46. The van der Waals surface area contributed by atoms with E-state index in [2.05, 4.69) is 5.32 Å². The van der Waals surface area contributed by atoms with Gasteiger partial charge in [-0.25, -0.2) is 0 Å². The number of carbonyl (C=O) groups excluding carboxylic acids is 1. The summed E-state index contributed by atoms with van der Waals surface area (Å²) in [6.07, 6.45) is 0. The molecule has 0 spiro atoms. The van der Waals surface area contributed by atoms with Gasteiger partial charge in [0.15, 0.2) is 0 Å². The van der Waals surface area contributed by atoms with Crippen LogP contribution >= 0.6 is 12.2 Å². The third-order valence-corrected chi connectivity index (χ3v) is 2.07. The van der Waals surface area contributed by atoms with Gasteiger partial charge in [-0.05, 0) is 13.5 Å². The Labute approximate surface area is 84.5 Å². The summed E-state index contributed by atoms with van der Waals surface area (Å²) < 4.78 is 0. The quantitative estimate of drug-likeness (QED) is 0.604. The molecular formula is C8H17N3OS. The van der Waals surface area contributed by atoms with Gasteiger partial charge in [0.2, 0.25) is 5.91 Å². The number of nitrogens with two attached hydrogens (primary N) is 1. The fourth-order valence-corrected chi connectivity index (χ4v) is 1.26. The molecule has 0 saturated heterocycles. The highest BCUT2D eigenvalue weighted by molar-refractivity contribution is 7.80. The Morgan fingerprint density at radius 2 is 2.23 bits per heavy atom. The van der Waals surface area contributed by atoms with Crippen LogP contribution in [0.4, 0.5) is 0 Å². The average molecular weight is 203 g/mol. The van der Waals surface area contributed by atoms with Gasteiger partial charge in [-0.3, -0.25) is 9.69 Å². The molecule has 0 aromatic rings. The van der Waals surface area contributed by atoms with Crippen LogP contribution in [0.2, 0.25) is 0 Å². The smallest absolute Gasteiger partial charge is 0.236 e. The summed E-state index contributed by atoms with van der Waals surface area (Å²) >= 11 is 4.78. The van der Waals surface area contributed by atoms with Crippen LogP contribution in [0.1, 0.15) is 13.8 Å². The monoisotopic (exact) mass is 203 g/mol. The molecule has 0 aliphatic heterocycles. The van der Waals surface area contributed by atoms with Crippen molar-refractivity contribution >= 4 is 23.1 Å². The predicted molar refractivity (Wildman–Crippen MR) is 57.6 cm³/mol. The third-order valence-electron chi connectivity index (χ3n) is 1.94. The standard InChI is InChI=1S/C8H17N3OS/c1-4-11(5-7(9)13)6(2)8(12)10-3/h6H,4-5H2,1-3H3,(H2,9,13)(H,10,12). The van der Waals surface area contributed by atoms with E-state index in [-0.39, 0.29) is 11.9 Å². The van der Waals surface area contributed by atoms with Crippen molar-refractivity contribution in [1.82, 2.24) is 10.2 Å². The number of nitrogens with zero attached hydrogens (tertiary/aromatic N) is 1. The molecule has 0 aromatic carbocycles. The minimum atomic E-state index is -0.184. The molecule has 1 unspecified atom stereocenters. The molecule has 0 fully saturated rings. The molecule has 0 aromatic heterocycles. The lowest BCUT2D eigenvalue weighted by Gasteiger charge is -2.25. The zero-order valence-corrected chi connectivity index (χ0v) is 9.15. The molecule has 1 atom stereocenters. The van der Waals surface area contributed by atoms with Crippen LogP contribution in [0, 0.1) is 0 Å². The van der Waals surface area contributed by atoms with E-state index >= 15 is 0 Å². The Morgan fingerprint density at radius 3 is 2.54 bits per heavy atom. The first-order chi connectivity index (χ1) is 6.02. The van der Waals surface area contributed by atoms with Crippen LogP contribution in [0.25, 0.3) is 0 Å².